The molecule has 6 aliphatic heterocycles. The van der Waals surface area contributed by atoms with E-state index in [9.17, 15) is 19.6 Å². The number of benzene rings is 3. The van der Waals surface area contributed by atoms with Gasteiger partial charge in [-0.25, -0.2) is 9.59 Å². The lowest BCUT2D eigenvalue weighted by molar-refractivity contribution is -0.167. The Balaban J connectivity index is 1.33. The van der Waals surface area contributed by atoms with Crippen LogP contribution in [-0.2, 0) is 35.0 Å². The Morgan fingerprint density at radius 3 is 2.53 bits per heavy atom. The Kier molecular flexibility index (Phi) is 10.6. The number of piperazine rings is 1. The van der Waals surface area contributed by atoms with Crippen molar-refractivity contribution < 1.29 is 52.3 Å². The van der Waals surface area contributed by atoms with Crippen molar-refractivity contribution in [2.75, 3.05) is 47.2 Å². The van der Waals surface area contributed by atoms with E-state index in [0.29, 0.717) is 51.9 Å². The lowest BCUT2D eigenvalue weighted by Crippen LogP contribution is -2.69. The number of fused-ring (bicyclic) bond motifs is 10. The monoisotopic (exact) mass is 797 g/mol. The number of hydrogen-bond acceptors (Lipinski definition) is 15. The van der Waals surface area contributed by atoms with Crippen LogP contribution in [0.2, 0.25) is 0 Å². The Labute approximate surface area is 334 Å². The maximum absolute atomic E-state index is 13.9. The molecule has 6 heterocycles. The number of likely N-dealkylation sites (N-methyl/N-ethyl adjacent to an activating group) is 1. The summed E-state index contributed by atoms with van der Waals surface area (Å²) in [4.78, 5) is 44.4. The van der Waals surface area contributed by atoms with Crippen molar-refractivity contribution in [1.29, 1.82) is 5.26 Å². The molecule has 0 N–H and O–H groups in total. The average Bonchev–Trinajstić information content (AvgIpc) is 3.69. The van der Waals surface area contributed by atoms with E-state index in [1.165, 1.54) is 24.8 Å². The predicted molar refractivity (Wildman–Crippen MR) is 206 cm³/mol. The van der Waals surface area contributed by atoms with Gasteiger partial charge in [0.05, 0.1) is 30.5 Å². The lowest BCUT2D eigenvalue weighted by atomic mass is 9.71. The number of hydrogen-bond donors (Lipinski definition) is 0. The number of carbonyl (C=O) groups is 3. The fraction of sp³-hybridized carbons (Fsp3) is 0.429. The van der Waals surface area contributed by atoms with Crippen LogP contribution in [0.4, 0.5) is 0 Å². The van der Waals surface area contributed by atoms with Crippen molar-refractivity contribution in [3.63, 3.8) is 0 Å². The van der Waals surface area contributed by atoms with E-state index in [-0.39, 0.29) is 32.0 Å². The number of esters is 3. The summed E-state index contributed by atoms with van der Waals surface area (Å²) in [5.74, 6) is 0.274. The summed E-state index contributed by atoms with van der Waals surface area (Å²) >= 11 is 1.36. The van der Waals surface area contributed by atoms with Crippen LogP contribution in [0.5, 0.6) is 28.7 Å². The molecule has 0 aliphatic carbocycles. The van der Waals surface area contributed by atoms with Crippen LogP contribution in [0.3, 0.4) is 0 Å². The summed E-state index contributed by atoms with van der Waals surface area (Å²) in [5, 5.41) is 10.5. The second-order valence-corrected chi connectivity index (χ2v) is 15.8. The number of carbonyl (C=O) groups excluding carboxylic acids is 3. The molecule has 2 fully saturated rings. The Morgan fingerprint density at radius 1 is 1.04 bits per heavy atom. The normalized spacial score (nSPS) is 26.1. The van der Waals surface area contributed by atoms with Crippen LogP contribution >= 0.6 is 11.8 Å². The minimum absolute atomic E-state index is 0.0238. The molecule has 0 aromatic heterocycles. The molecule has 0 saturated carbocycles. The van der Waals surface area contributed by atoms with Crippen LogP contribution in [0.25, 0.3) is 6.08 Å². The minimum Gasteiger partial charge on any atom is -0.493 e. The van der Waals surface area contributed by atoms with Crippen LogP contribution < -0.4 is 23.7 Å². The zero-order valence-electron chi connectivity index (χ0n) is 32.4. The molecule has 7 atom stereocenters. The van der Waals surface area contributed by atoms with Gasteiger partial charge in [0.25, 0.3) is 0 Å². The smallest absolute Gasteiger partial charge is 0.348 e. The highest BCUT2D eigenvalue weighted by atomic mass is 32.2. The Morgan fingerprint density at radius 2 is 1.81 bits per heavy atom. The van der Waals surface area contributed by atoms with Crippen molar-refractivity contribution in [2.24, 2.45) is 0 Å². The van der Waals surface area contributed by atoms with Gasteiger partial charge in [-0.2, -0.15) is 5.26 Å². The molecule has 0 spiro atoms. The molecular weight excluding hydrogens is 755 g/mol. The van der Waals surface area contributed by atoms with Crippen molar-refractivity contribution in [1.82, 2.24) is 9.80 Å². The third kappa shape index (κ3) is 6.54. The number of thioether (sulfide) groups is 1. The molecule has 14 nitrogen and oxygen atoms in total. The molecule has 298 valence electrons. The summed E-state index contributed by atoms with van der Waals surface area (Å²) in [6.45, 7) is 4.77. The van der Waals surface area contributed by atoms with Gasteiger partial charge in [-0.15, -0.1) is 11.8 Å². The zero-order chi connectivity index (χ0) is 40.1. The summed E-state index contributed by atoms with van der Waals surface area (Å²) in [6.07, 6.45) is 2.13. The molecule has 3 aromatic carbocycles. The second-order valence-electron chi connectivity index (χ2n) is 14.6. The quantitative estimate of drug-likeness (QED) is 0.128. The molecule has 9 rings (SSSR count). The highest BCUT2D eigenvalue weighted by Gasteiger charge is 2.61. The third-order valence-corrected chi connectivity index (χ3v) is 12.8. The van der Waals surface area contributed by atoms with Crippen molar-refractivity contribution in [2.45, 2.75) is 68.8 Å². The summed E-state index contributed by atoms with van der Waals surface area (Å²) in [6, 6.07) is 11.3. The molecule has 15 heteroatoms. The lowest BCUT2D eigenvalue weighted by Gasteiger charge is -2.61. The molecule has 1 unspecified atom stereocenters. The highest BCUT2D eigenvalue weighted by molar-refractivity contribution is 7.99. The van der Waals surface area contributed by atoms with E-state index < -0.39 is 53.4 Å². The molecule has 6 aliphatic rings. The number of nitriles is 1. The number of methoxy groups -OCH3 is 2. The molecular formula is C42H43N3O11S. The minimum atomic E-state index is -1.28. The molecule has 4 bridgehead atoms. The van der Waals surface area contributed by atoms with Gasteiger partial charge in [0, 0.05) is 60.2 Å². The first kappa shape index (κ1) is 38.6. The predicted octanol–water partition coefficient (Wildman–Crippen LogP) is 5.13. The fourth-order valence-electron chi connectivity index (χ4n) is 9.18. The van der Waals surface area contributed by atoms with Gasteiger partial charge >= 0.3 is 17.9 Å². The Bertz CT molecular complexity index is 2190. The number of aryl methyl sites for hydroxylation is 1. The number of nitrogens with zero attached hydrogens (tertiary/aromatic N) is 3. The van der Waals surface area contributed by atoms with Gasteiger partial charge in [-0.3, -0.25) is 14.6 Å². The zero-order valence-corrected chi connectivity index (χ0v) is 33.3. The van der Waals surface area contributed by atoms with Crippen molar-refractivity contribution in [3.05, 3.63) is 81.4 Å². The van der Waals surface area contributed by atoms with Crippen molar-refractivity contribution in [3.8, 4) is 34.8 Å². The topological polar surface area (TPSA) is 155 Å². The molecule has 3 aromatic rings. The van der Waals surface area contributed by atoms with Gasteiger partial charge in [0.1, 0.15) is 18.4 Å². The van der Waals surface area contributed by atoms with Crippen LogP contribution in [0.15, 0.2) is 42.5 Å². The van der Waals surface area contributed by atoms with E-state index in [1.807, 2.05) is 51.2 Å². The van der Waals surface area contributed by atoms with Crippen LogP contribution in [-0.4, -0.2) is 99.2 Å². The second kappa shape index (κ2) is 15.6. The average molecular weight is 798 g/mol. The van der Waals surface area contributed by atoms with Gasteiger partial charge in [0.2, 0.25) is 12.9 Å². The highest BCUT2D eigenvalue weighted by Crippen LogP contribution is 2.64. The van der Waals surface area contributed by atoms with Gasteiger partial charge < -0.3 is 37.9 Å². The summed E-state index contributed by atoms with van der Waals surface area (Å²) < 4.78 is 47.9. The molecule has 0 radical (unpaired) electrons. The van der Waals surface area contributed by atoms with E-state index in [1.54, 1.807) is 20.3 Å². The van der Waals surface area contributed by atoms with Gasteiger partial charge in [-0.1, -0.05) is 36.4 Å². The first-order valence-corrected chi connectivity index (χ1v) is 19.7. The van der Waals surface area contributed by atoms with Crippen molar-refractivity contribution >= 4 is 35.7 Å². The summed E-state index contributed by atoms with van der Waals surface area (Å²) in [5.41, 5.74) is 5.40. The largest absolute Gasteiger partial charge is 0.493 e. The summed E-state index contributed by atoms with van der Waals surface area (Å²) in [7, 11) is 5.16. The van der Waals surface area contributed by atoms with E-state index in [4.69, 9.17) is 37.9 Å². The van der Waals surface area contributed by atoms with Gasteiger partial charge in [-0.05, 0) is 50.1 Å². The van der Waals surface area contributed by atoms with Crippen LogP contribution in [0, 0.1) is 25.2 Å². The molecule has 57 heavy (non-hydrogen) atoms. The first-order valence-electron chi connectivity index (χ1n) is 18.6. The fourth-order valence-corrected chi connectivity index (χ4v) is 10.7. The first-order chi connectivity index (χ1) is 27.6. The van der Waals surface area contributed by atoms with E-state index in [2.05, 4.69) is 21.9 Å². The number of ether oxygens (including phenoxy) is 8. The van der Waals surface area contributed by atoms with Crippen LogP contribution in [0.1, 0.15) is 63.2 Å². The standard InChI is InChI=1S/C42H43N3O11S/c1-21-14-25-15-26-27(16-43)45-28-17-51-42(48)29(56-30(47)13-12-24-10-8-7-9-11-24)18-57-41(33-32(28)40-38(53-20-54-40)22(2)37(33)55-23(3)46)35(45)34(44(26)4)31(25)39(36(21)50-6)52-19-49-5/h7-14,26-29,34-35,41H,15,17-20H2,1-6H3/t26-,27-,28-,29-,34+,35?,41+/m0/s1. The SMILES string of the molecule is COCOc1c(OC)c(C)cc2c1[C@@H]1C3[C@@H]4SC[C@H](OC(=O)C=Cc5ccccc5)C(=O)OC[C@@H](c5c6c(c(C)c(OC(C)=O)c54)OCO6)N3[C@@H](C#N)[C@H](C2)N1C. The van der Waals surface area contributed by atoms with Gasteiger partial charge in [0.15, 0.2) is 29.8 Å². The van der Waals surface area contributed by atoms with E-state index in [0.717, 1.165) is 22.3 Å². The molecule has 0 amide bonds. The maximum Gasteiger partial charge on any atom is 0.348 e. The van der Waals surface area contributed by atoms with E-state index >= 15 is 0 Å². The Hall–Kier alpha value is -5.27. The number of rotatable bonds is 8. The maximum atomic E-state index is 13.9. The molecule has 2 saturated heterocycles. The third-order valence-electron chi connectivity index (χ3n) is 11.4.